The summed E-state index contributed by atoms with van der Waals surface area (Å²) in [5.41, 5.74) is 2.32. The number of aryl methyl sites for hydroxylation is 2. The molecule has 1 aromatic heterocycles. The number of hydrogen-bond donors (Lipinski definition) is 1. The molecule has 0 aliphatic carbocycles. The van der Waals surface area contributed by atoms with Crippen LogP contribution in [0.3, 0.4) is 0 Å². The minimum atomic E-state index is 0.804. The molecule has 1 heterocycles. The quantitative estimate of drug-likeness (QED) is 0.591. The average molecular weight is 418 g/mol. The van der Waals surface area contributed by atoms with Gasteiger partial charge in [-0.1, -0.05) is 13.0 Å². The summed E-state index contributed by atoms with van der Waals surface area (Å²) in [7, 11) is 0. The molecule has 0 spiro atoms. The third-order valence-corrected chi connectivity index (χ3v) is 4.07. The number of hydrogen-bond acceptors (Lipinski definition) is 3. The topological polar surface area (TPSA) is 37.8 Å². The summed E-state index contributed by atoms with van der Waals surface area (Å²) in [4.78, 5) is 8.73. The summed E-state index contributed by atoms with van der Waals surface area (Å²) in [6.07, 6.45) is 0.819. The van der Waals surface area contributed by atoms with Crippen LogP contribution < -0.4 is 5.32 Å². The van der Waals surface area contributed by atoms with Gasteiger partial charge in [0.05, 0.1) is 0 Å². The van der Waals surface area contributed by atoms with Crippen LogP contribution in [0.2, 0.25) is 0 Å². The molecular weight excluding hydrogens is 405 g/mol. The van der Waals surface area contributed by atoms with Gasteiger partial charge >= 0.3 is 0 Å². The minimum Gasteiger partial charge on any atom is -0.340 e. The van der Waals surface area contributed by atoms with Gasteiger partial charge in [0, 0.05) is 21.7 Å². The first-order chi connectivity index (χ1) is 8.58. The highest BCUT2D eigenvalue weighted by Gasteiger charge is 2.03. The zero-order chi connectivity index (χ0) is 13.1. The Labute approximate surface area is 129 Å². The molecule has 0 saturated heterocycles. The largest absolute Gasteiger partial charge is 0.340 e. The summed E-state index contributed by atoms with van der Waals surface area (Å²) >= 11 is 5.73. The smallest absolute Gasteiger partial charge is 0.135 e. The van der Waals surface area contributed by atoms with E-state index in [9.17, 15) is 0 Å². The van der Waals surface area contributed by atoms with Gasteiger partial charge in [-0.2, -0.15) is 0 Å². The van der Waals surface area contributed by atoms with E-state index < -0.39 is 0 Å². The van der Waals surface area contributed by atoms with Crippen molar-refractivity contribution in [2.45, 2.75) is 20.3 Å². The van der Waals surface area contributed by atoms with E-state index in [4.69, 9.17) is 0 Å². The lowest BCUT2D eigenvalue weighted by atomic mass is 10.2. The first kappa shape index (κ1) is 13.7. The monoisotopic (exact) mass is 417 g/mol. The highest BCUT2D eigenvalue weighted by atomic mass is 127. The van der Waals surface area contributed by atoms with Crippen molar-refractivity contribution in [3.63, 3.8) is 0 Å². The Balaban J connectivity index is 2.27. The second-order valence-corrected chi connectivity index (χ2v) is 5.91. The number of aromatic nitrogens is 2. The Morgan fingerprint density at radius 1 is 1.28 bits per heavy atom. The summed E-state index contributed by atoms with van der Waals surface area (Å²) in [6.45, 7) is 4.14. The molecule has 0 amide bonds. The van der Waals surface area contributed by atoms with Gasteiger partial charge in [0.15, 0.2) is 0 Å². The molecule has 18 heavy (non-hydrogen) atoms. The highest BCUT2D eigenvalue weighted by molar-refractivity contribution is 14.1. The number of rotatable bonds is 3. The maximum Gasteiger partial charge on any atom is 0.135 e. The fourth-order valence-electron chi connectivity index (χ4n) is 1.51. The molecule has 0 bridgehead atoms. The molecule has 0 fully saturated rings. The van der Waals surface area contributed by atoms with Gasteiger partial charge in [0.2, 0.25) is 0 Å². The zero-order valence-electron chi connectivity index (χ0n) is 10.2. The van der Waals surface area contributed by atoms with Crippen LogP contribution in [0.15, 0.2) is 28.9 Å². The predicted molar refractivity (Wildman–Crippen MR) is 86.3 cm³/mol. The van der Waals surface area contributed by atoms with E-state index in [0.717, 1.165) is 28.4 Å². The fourth-order valence-corrected chi connectivity index (χ4v) is 2.44. The Morgan fingerprint density at radius 2 is 2.06 bits per heavy atom. The van der Waals surface area contributed by atoms with Crippen molar-refractivity contribution in [3.8, 4) is 0 Å². The number of nitrogens with zero attached hydrogens (tertiary/aromatic N) is 2. The number of halogens is 2. The maximum absolute atomic E-state index is 4.44. The van der Waals surface area contributed by atoms with Gasteiger partial charge < -0.3 is 5.32 Å². The van der Waals surface area contributed by atoms with Crippen molar-refractivity contribution in [2.75, 3.05) is 5.32 Å². The molecule has 94 valence electrons. The third-order valence-electron chi connectivity index (χ3n) is 2.50. The minimum absolute atomic E-state index is 0.804. The van der Waals surface area contributed by atoms with Gasteiger partial charge in [0.1, 0.15) is 16.2 Å². The summed E-state index contributed by atoms with van der Waals surface area (Å²) in [5.74, 6) is 1.64. The molecule has 1 aromatic carbocycles. The zero-order valence-corrected chi connectivity index (χ0v) is 13.9. The number of benzene rings is 1. The van der Waals surface area contributed by atoms with Crippen LogP contribution in [0.25, 0.3) is 0 Å². The summed E-state index contributed by atoms with van der Waals surface area (Å²) < 4.78 is 2.04. The van der Waals surface area contributed by atoms with Gasteiger partial charge in [-0.3, -0.25) is 0 Å². The first-order valence-corrected chi connectivity index (χ1v) is 7.52. The van der Waals surface area contributed by atoms with Gasteiger partial charge in [-0.25, -0.2) is 9.97 Å². The Morgan fingerprint density at radius 3 is 2.72 bits per heavy atom. The van der Waals surface area contributed by atoms with Gasteiger partial charge in [0.25, 0.3) is 0 Å². The highest BCUT2D eigenvalue weighted by Crippen LogP contribution is 2.21. The molecular formula is C13H13BrIN3. The number of anilines is 2. The Hall–Kier alpha value is -0.690. The van der Waals surface area contributed by atoms with E-state index in [-0.39, 0.29) is 0 Å². The standard InChI is InChI=1S/C13H13BrIN3/c1-3-12-17-11(14)7-13(18-12)16-9-5-4-8(2)10(15)6-9/h4-7H,3H2,1-2H3,(H,16,17,18). The lowest BCUT2D eigenvalue weighted by Gasteiger charge is -2.08. The van der Waals surface area contributed by atoms with Crippen LogP contribution in [-0.4, -0.2) is 9.97 Å². The van der Waals surface area contributed by atoms with Crippen LogP contribution in [0, 0.1) is 10.5 Å². The molecule has 0 radical (unpaired) electrons. The van der Waals surface area contributed by atoms with Crippen LogP contribution in [0.4, 0.5) is 11.5 Å². The van der Waals surface area contributed by atoms with Gasteiger partial charge in [-0.05, 0) is 63.1 Å². The maximum atomic E-state index is 4.44. The second kappa shape index (κ2) is 5.97. The summed E-state index contributed by atoms with van der Waals surface area (Å²) in [5, 5.41) is 3.30. The molecule has 0 saturated carbocycles. The van der Waals surface area contributed by atoms with Crippen LogP contribution in [0.1, 0.15) is 18.3 Å². The molecule has 2 aromatic rings. The fraction of sp³-hybridized carbons (Fsp3) is 0.231. The Bertz CT molecular complexity index is 572. The average Bonchev–Trinajstić information content (AvgIpc) is 2.33. The van der Waals surface area contributed by atoms with E-state index in [1.54, 1.807) is 0 Å². The van der Waals surface area contributed by atoms with Crippen LogP contribution in [-0.2, 0) is 6.42 Å². The second-order valence-electron chi connectivity index (χ2n) is 3.93. The molecule has 0 aliphatic heterocycles. The molecule has 1 N–H and O–H groups in total. The molecule has 2 rings (SSSR count). The predicted octanol–water partition coefficient (Wildman–Crippen LogP) is 4.46. The van der Waals surface area contributed by atoms with E-state index in [2.05, 4.69) is 78.9 Å². The summed E-state index contributed by atoms with van der Waals surface area (Å²) in [6, 6.07) is 8.14. The number of nitrogens with one attached hydrogen (secondary N) is 1. The first-order valence-electron chi connectivity index (χ1n) is 5.65. The lowest BCUT2D eigenvalue weighted by Crippen LogP contribution is -2.00. The van der Waals surface area contributed by atoms with E-state index in [1.165, 1.54) is 9.13 Å². The van der Waals surface area contributed by atoms with E-state index >= 15 is 0 Å². The SMILES string of the molecule is CCc1nc(Br)cc(Nc2ccc(C)c(I)c2)n1. The lowest BCUT2D eigenvalue weighted by molar-refractivity contribution is 0.931. The van der Waals surface area contributed by atoms with E-state index in [1.807, 2.05) is 13.0 Å². The molecule has 0 unspecified atom stereocenters. The van der Waals surface area contributed by atoms with Crippen molar-refractivity contribution in [1.82, 2.24) is 9.97 Å². The normalized spacial score (nSPS) is 10.4. The Kier molecular flexibility index (Phi) is 4.55. The molecule has 0 aliphatic rings. The van der Waals surface area contributed by atoms with E-state index in [0.29, 0.717) is 0 Å². The van der Waals surface area contributed by atoms with Gasteiger partial charge in [-0.15, -0.1) is 0 Å². The van der Waals surface area contributed by atoms with Crippen molar-refractivity contribution in [1.29, 1.82) is 0 Å². The van der Waals surface area contributed by atoms with Crippen LogP contribution >= 0.6 is 38.5 Å². The van der Waals surface area contributed by atoms with Crippen molar-refractivity contribution in [3.05, 3.63) is 43.8 Å². The molecule has 3 nitrogen and oxygen atoms in total. The molecule has 5 heteroatoms. The third kappa shape index (κ3) is 3.41. The van der Waals surface area contributed by atoms with Crippen molar-refractivity contribution < 1.29 is 0 Å². The van der Waals surface area contributed by atoms with Crippen molar-refractivity contribution >= 4 is 50.0 Å². The van der Waals surface area contributed by atoms with Crippen molar-refractivity contribution in [2.24, 2.45) is 0 Å². The van der Waals surface area contributed by atoms with Crippen LogP contribution in [0.5, 0.6) is 0 Å². The molecule has 0 atom stereocenters.